The third-order valence-electron chi connectivity index (χ3n) is 4.52. The second-order valence-corrected chi connectivity index (χ2v) is 6.35. The molecule has 2 amide bonds. The first-order valence-electron chi connectivity index (χ1n) is 8.93. The van der Waals surface area contributed by atoms with Crippen molar-refractivity contribution in [1.82, 2.24) is 10.2 Å². The van der Waals surface area contributed by atoms with Crippen LogP contribution in [-0.2, 0) is 0 Å². The molecule has 0 aromatic heterocycles. The van der Waals surface area contributed by atoms with Crippen molar-refractivity contribution < 1.29 is 9.72 Å². The van der Waals surface area contributed by atoms with E-state index in [-0.39, 0.29) is 11.7 Å². The van der Waals surface area contributed by atoms with Crippen LogP contribution < -0.4 is 15.5 Å². The molecule has 1 aliphatic rings. The molecule has 2 aromatic carbocycles. The molecule has 8 nitrogen and oxygen atoms in total. The molecule has 1 fully saturated rings. The van der Waals surface area contributed by atoms with Crippen molar-refractivity contribution in [2.45, 2.75) is 0 Å². The number of amides is 2. The molecule has 142 valence electrons. The molecule has 0 atom stereocenters. The Balaban J connectivity index is 1.37. The van der Waals surface area contributed by atoms with Crippen LogP contribution in [0.5, 0.6) is 0 Å². The molecule has 0 radical (unpaired) electrons. The predicted octanol–water partition coefficient (Wildman–Crippen LogP) is 2.54. The highest BCUT2D eigenvalue weighted by molar-refractivity contribution is 5.89. The Bertz CT molecular complexity index is 776. The number of urea groups is 1. The fourth-order valence-corrected chi connectivity index (χ4v) is 3.07. The van der Waals surface area contributed by atoms with Crippen LogP contribution in [-0.4, -0.2) is 55.1 Å². The van der Waals surface area contributed by atoms with Crippen molar-refractivity contribution in [1.29, 1.82) is 0 Å². The van der Waals surface area contributed by atoms with Gasteiger partial charge in [-0.3, -0.25) is 15.0 Å². The summed E-state index contributed by atoms with van der Waals surface area (Å²) in [6.45, 7) is 5.11. The average Bonchev–Trinajstić information content (AvgIpc) is 2.69. The molecular weight excluding hydrogens is 346 g/mol. The number of hydrogen-bond acceptors (Lipinski definition) is 5. The first kappa shape index (κ1) is 18.7. The molecule has 2 N–H and O–H groups in total. The highest BCUT2D eigenvalue weighted by Gasteiger charge is 2.16. The Labute approximate surface area is 157 Å². The molecule has 3 rings (SSSR count). The number of nitro benzene ring substituents is 1. The van der Waals surface area contributed by atoms with Crippen LogP contribution in [0, 0.1) is 10.1 Å². The van der Waals surface area contributed by atoms with Gasteiger partial charge in [-0.2, -0.15) is 0 Å². The van der Waals surface area contributed by atoms with E-state index in [2.05, 4.69) is 32.6 Å². The summed E-state index contributed by atoms with van der Waals surface area (Å²) in [4.78, 5) is 26.9. The van der Waals surface area contributed by atoms with Gasteiger partial charge >= 0.3 is 6.03 Å². The van der Waals surface area contributed by atoms with Crippen molar-refractivity contribution in [3.8, 4) is 0 Å². The summed E-state index contributed by atoms with van der Waals surface area (Å²) in [5.74, 6) is 0. The van der Waals surface area contributed by atoms with Gasteiger partial charge in [0.25, 0.3) is 5.69 Å². The molecule has 1 aliphatic heterocycles. The van der Waals surface area contributed by atoms with Gasteiger partial charge in [0.2, 0.25) is 0 Å². The zero-order chi connectivity index (χ0) is 19.1. The molecule has 0 unspecified atom stereocenters. The molecule has 0 saturated carbocycles. The summed E-state index contributed by atoms with van der Waals surface area (Å²) >= 11 is 0. The van der Waals surface area contributed by atoms with E-state index >= 15 is 0 Å². The van der Waals surface area contributed by atoms with Gasteiger partial charge in [0.05, 0.1) is 4.92 Å². The third-order valence-corrected chi connectivity index (χ3v) is 4.52. The summed E-state index contributed by atoms with van der Waals surface area (Å²) in [7, 11) is 0. The van der Waals surface area contributed by atoms with Crippen LogP contribution >= 0.6 is 0 Å². The summed E-state index contributed by atoms with van der Waals surface area (Å²) in [5, 5.41) is 16.2. The molecule has 8 heteroatoms. The van der Waals surface area contributed by atoms with Crippen LogP contribution in [0.1, 0.15) is 0 Å². The van der Waals surface area contributed by atoms with Crippen LogP contribution in [0.4, 0.5) is 21.9 Å². The maximum atomic E-state index is 12.0. The molecule has 0 spiro atoms. The molecule has 2 aromatic rings. The van der Waals surface area contributed by atoms with Crippen LogP contribution in [0.15, 0.2) is 54.6 Å². The van der Waals surface area contributed by atoms with E-state index in [1.54, 1.807) is 12.1 Å². The minimum atomic E-state index is -0.488. The van der Waals surface area contributed by atoms with Crippen LogP contribution in [0.3, 0.4) is 0 Å². The van der Waals surface area contributed by atoms with E-state index in [9.17, 15) is 14.9 Å². The van der Waals surface area contributed by atoms with Crippen molar-refractivity contribution in [3.05, 3.63) is 64.7 Å². The number of piperazine rings is 1. The van der Waals surface area contributed by atoms with Gasteiger partial charge in [0.15, 0.2) is 0 Å². The minimum absolute atomic E-state index is 0.0518. The molecule has 27 heavy (non-hydrogen) atoms. The Kier molecular flexibility index (Phi) is 6.22. The number of hydrogen-bond donors (Lipinski definition) is 2. The van der Waals surface area contributed by atoms with Gasteiger partial charge in [-0.05, 0) is 18.2 Å². The smallest absolute Gasteiger partial charge is 0.319 e. The number of anilines is 2. The SMILES string of the molecule is O=C(NCCN1CCN(c2ccccc2)CC1)Nc1cccc([N+](=O)[O-])c1. The maximum absolute atomic E-state index is 12.0. The number of carbonyl (C=O) groups is 1. The highest BCUT2D eigenvalue weighted by Crippen LogP contribution is 2.17. The second-order valence-electron chi connectivity index (χ2n) is 6.35. The number of nitrogens with one attached hydrogen (secondary N) is 2. The molecule has 1 saturated heterocycles. The minimum Gasteiger partial charge on any atom is -0.369 e. The number of para-hydroxylation sites is 1. The van der Waals surface area contributed by atoms with Gasteiger partial charge in [-0.15, -0.1) is 0 Å². The van der Waals surface area contributed by atoms with Gasteiger partial charge in [-0.25, -0.2) is 4.79 Å². The van der Waals surface area contributed by atoms with Gasteiger partial charge in [0.1, 0.15) is 0 Å². The second kappa shape index (κ2) is 9.00. The number of carbonyl (C=O) groups excluding carboxylic acids is 1. The van der Waals surface area contributed by atoms with Gasteiger partial charge in [0, 0.05) is 62.8 Å². The first-order chi connectivity index (χ1) is 13.1. The fraction of sp³-hybridized carbons (Fsp3) is 0.316. The number of rotatable bonds is 6. The Morgan fingerprint density at radius 3 is 2.48 bits per heavy atom. The monoisotopic (exact) mass is 369 g/mol. The topological polar surface area (TPSA) is 90.8 Å². The van der Waals surface area contributed by atoms with Crippen LogP contribution in [0.2, 0.25) is 0 Å². The van der Waals surface area contributed by atoms with E-state index in [1.165, 1.54) is 17.8 Å². The third kappa shape index (κ3) is 5.42. The standard InChI is InChI=1S/C19H23N5O3/c25-19(21-16-5-4-8-18(15-16)24(26)27)20-9-10-22-11-13-23(14-12-22)17-6-2-1-3-7-17/h1-8,15H,9-14H2,(H2,20,21,25). The molecule has 1 heterocycles. The van der Waals surface area contributed by atoms with Crippen molar-refractivity contribution >= 4 is 23.1 Å². The van der Waals surface area contributed by atoms with E-state index in [4.69, 9.17) is 0 Å². The number of benzene rings is 2. The highest BCUT2D eigenvalue weighted by atomic mass is 16.6. The first-order valence-corrected chi connectivity index (χ1v) is 8.93. The Morgan fingerprint density at radius 2 is 1.78 bits per heavy atom. The van der Waals surface area contributed by atoms with E-state index < -0.39 is 4.92 Å². The quantitative estimate of drug-likeness (QED) is 0.603. The van der Waals surface area contributed by atoms with Crippen molar-refractivity contribution in [2.24, 2.45) is 0 Å². The Morgan fingerprint density at radius 1 is 1.04 bits per heavy atom. The number of non-ortho nitro benzene ring substituents is 1. The normalized spacial score (nSPS) is 14.6. The van der Waals surface area contributed by atoms with Crippen LogP contribution in [0.25, 0.3) is 0 Å². The maximum Gasteiger partial charge on any atom is 0.319 e. The van der Waals surface area contributed by atoms with Crippen molar-refractivity contribution in [3.63, 3.8) is 0 Å². The zero-order valence-corrected chi connectivity index (χ0v) is 15.0. The summed E-state index contributed by atoms with van der Waals surface area (Å²) < 4.78 is 0. The Hall–Kier alpha value is -3.13. The lowest BCUT2D eigenvalue weighted by Crippen LogP contribution is -2.48. The lowest BCUT2D eigenvalue weighted by atomic mass is 10.2. The number of nitrogens with zero attached hydrogens (tertiary/aromatic N) is 3. The molecule has 0 bridgehead atoms. The fourth-order valence-electron chi connectivity index (χ4n) is 3.07. The summed E-state index contributed by atoms with van der Waals surface area (Å²) in [6, 6.07) is 15.9. The lowest BCUT2D eigenvalue weighted by molar-refractivity contribution is -0.384. The zero-order valence-electron chi connectivity index (χ0n) is 15.0. The van der Waals surface area contributed by atoms with E-state index in [0.717, 1.165) is 32.7 Å². The predicted molar refractivity (Wildman–Crippen MR) is 105 cm³/mol. The average molecular weight is 369 g/mol. The molecule has 0 aliphatic carbocycles. The lowest BCUT2D eigenvalue weighted by Gasteiger charge is -2.36. The van der Waals surface area contributed by atoms with Crippen molar-refractivity contribution in [2.75, 3.05) is 49.5 Å². The largest absolute Gasteiger partial charge is 0.369 e. The van der Waals surface area contributed by atoms with Gasteiger partial charge < -0.3 is 15.5 Å². The van der Waals surface area contributed by atoms with Gasteiger partial charge in [-0.1, -0.05) is 24.3 Å². The van der Waals surface area contributed by atoms with E-state index in [0.29, 0.717) is 12.2 Å². The summed E-state index contributed by atoms with van der Waals surface area (Å²) in [5.41, 5.74) is 1.59. The van der Waals surface area contributed by atoms with E-state index in [1.807, 2.05) is 18.2 Å². The molecular formula is C19H23N5O3. The number of nitro groups is 1. The summed E-state index contributed by atoms with van der Waals surface area (Å²) in [6.07, 6.45) is 0.